The van der Waals surface area contributed by atoms with Crippen LogP contribution in [-0.4, -0.2) is 146 Å². The number of fused-ring (bicyclic) bond motifs is 1. The summed E-state index contributed by atoms with van der Waals surface area (Å²) in [5.41, 5.74) is 0.992. The van der Waals surface area contributed by atoms with Gasteiger partial charge >= 0.3 is 129 Å². The summed E-state index contributed by atoms with van der Waals surface area (Å²) in [6.45, 7) is -0.465. The minimum Gasteiger partial charge on any atom is -0.744 e. The summed E-state index contributed by atoms with van der Waals surface area (Å²) in [5, 5.41) is 20.2. The maximum absolute atomic E-state index is 14.2. The molecule has 0 bridgehead atoms. The van der Waals surface area contributed by atoms with Gasteiger partial charge in [0.1, 0.15) is 57.6 Å². The van der Waals surface area contributed by atoms with E-state index in [1.54, 1.807) is 0 Å². The molecule has 1 aliphatic rings. The Hall–Kier alpha value is -3.45. The van der Waals surface area contributed by atoms with E-state index in [1.807, 2.05) is 5.43 Å². The Morgan fingerprint density at radius 3 is 1.58 bits per heavy atom. The quantitative estimate of drug-likeness (QED) is 0.0156. The summed E-state index contributed by atoms with van der Waals surface area (Å²) in [6, 6.07) is 5.61. The molecule has 2 amide bonds. The molecule has 0 aliphatic heterocycles. The number of hydrogen-bond donors (Lipinski definition) is 6. The average molecular weight is 1230 g/mol. The van der Waals surface area contributed by atoms with E-state index in [1.165, 1.54) is 38.0 Å². The van der Waals surface area contributed by atoms with Gasteiger partial charge in [0.05, 0.1) is 49.6 Å². The molecule has 0 saturated carbocycles. The van der Waals surface area contributed by atoms with Gasteiger partial charge in [-0.15, -0.1) is 10.2 Å². The first-order chi connectivity index (χ1) is 34.4. The number of hydrogen-bond acceptors (Lipinski definition) is 30. The number of rotatable bonds is 18. The summed E-state index contributed by atoms with van der Waals surface area (Å²) >= 11 is 12.1. The largest absolute Gasteiger partial charge is 1.00 e. The van der Waals surface area contributed by atoms with Crippen LogP contribution >= 0.6 is 23.2 Å². The zero-order chi connectivity index (χ0) is 54.8. The molecule has 42 heteroatoms. The van der Waals surface area contributed by atoms with Gasteiger partial charge in [-0.1, -0.05) is 0 Å². The molecule has 0 fully saturated rings. The zero-order valence-electron chi connectivity index (χ0n) is 41.5. The number of Topliss-reactive ketones (excluding diaryl/α,β-unsaturated/α-hetero) is 1. The van der Waals surface area contributed by atoms with Crippen LogP contribution in [0.5, 0.6) is 0 Å². The van der Waals surface area contributed by atoms with Crippen molar-refractivity contribution in [1.82, 2.24) is 40.5 Å². The molecule has 7 N–H and O–H groups in total. The number of amides is 2. The van der Waals surface area contributed by atoms with Gasteiger partial charge in [0.25, 0.3) is 0 Å². The van der Waals surface area contributed by atoms with E-state index in [4.69, 9.17) is 28.9 Å². The van der Waals surface area contributed by atoms with Crippen LogP contribution in [0.2, 0.25) is 10.6 Å². The molecule has 32 nitrogen and oxygen atoms in total. The first-order valence-electron chi connectivity index (χ1n) is 19.7. The van der Waals surface area contributed by atoms with Gasteiger partial charge in [0, 0.05) is 39.6 Å². The molecule has 2 aromatic heterocycles. The second-order valence-electron chi connectivity index (χ2n) is 14.7. The third-order valence-electron chi connectivity index (χ3n) is 9.56. The molecular weight excluding hydrogens is 1200 g/mol. The third kappa shape index (κ3) is 17.8. The van der Waals surface area contributed by atoms with Gasteiger partial charge in [-0.3, -0.25) is 19.8 Å². The van der Waals surface area contributed by atoms with Gasteiger partial charge in [0.15, 0.2) is 0 Å². The van der Waals surface area contributed by atoms with Crippen LogP contribution in [0, 0.1) is 0 Å². The zero-order valence-corrected chi connectivity index (χ0v) is 53.4. The monoisotopic (exact) mass is 1230 g/mol. The van der Waals surface area contributed by atoms with Crippen molar-refractivity contribution in [2.45, 2.75) is 14.7 Å². The normalized spacial score (nSPS) is 12.8. The van der Waals surface area contributed by atoms with Crippen LogP contribution < -0.4 is 172 Å². The van der Waals surface area contributed by atoms with E-state index in [0.29, 0.717) is 12.1 Å². The van der Waals surface area contributed by atoms with E-state index in [0.717, 1.165) is 36.4 Å². The predicted molar refractivity (Wildman–Crippen MR) is 256 cm³/mol. The fourth-order valence-electron chi connectivity index (χ4n) is 6.22. The standard InChI is InChI=1S/C36H35Cl2N17O15S4.K.Li.2Na/c1-40-24(56)13-54(3)35-46-31(37)44-33(48-35)42-16-5-7-20(71(59,60)61)18(11-16)50-52-28-22(73(65,66)67)9-15-10-23(74(68,69)70)29(30(58)26(15)27(28)39)53-51-19-12-17(6-8-21(19)72(62,63)64)43-34-45-32(38)47-36(49-34)55(4)14-25(57)41-2;;;;/h5-12,51H,13-14,39H2,1-4H3,(H,40,56)(H,41,57)(H,59,60,61)(H,62,63,64)(H,65,66,67)(H,68,69,70)(H,42,44,46,48)(H,43,45,47,49);;;;/q;4*+1/p-4. The summed E-state index contributed by atoms with van der Waals surface area (Å²) in [5.74, 6) is -3.36. The maximum Gasteiger partial charge on any atom is 1.00 e. The van der Waals surface area contributed by atoms with Crippen molar-refractivity contribution < 1.29 is 196 Å². The van der Waals surface area contributed by atoms with Crippen LogP contribution in [0.15, 0.2) is 77.4 Å². The molecule has 392 valence electrons. The van der Waals surface area contributed by atoms with Gasteiger partial charge in [-0.25, -0.2) is 33.7 Å². The number of allylic oxidation sites excluding steroid dienone is 1. The van der Waals surface area contributed by atoms with Crippen LogP contribution in [0.3, 0.4) is 0 Å². The van der Waals surface area contributed by atoms with Crippen molar-refractivity contribution in [2.24, 2.45) is 15.3 Å². The van der Waals surface area contributed by atoms with Gasteiger partial charge in [-0.05, 0) is 77.3 Å². The number of nitrogen functional groups attached to an aromatic ring is 1. The van der Waals surface area contributed by atoms with Crippen molar-refractivity contribution in [1.29, 1.82) is 0 Å². The van der Waals surface area contributed by atoms with Crippen molar-refractivity contribution >= 4 is 151 Å². The summed E-state index contributed by atoms with van der Waals surface area (Å²) in [6.07, 6.45) is 0.379. The number of likely N-dealkylation sites (N-methyl/N-ethyl adjacent to an activating group) is 4. The smallest absolute Gasteiger partial charge is 0.744 e. The Bertz CT molecular complexity index is 3770. The number of nitrogens with zero attached hydrogens (tertiary/aromatic N) is 11. The molecule has 2 heterocycles. The number of halogens is 2. The Balaban J connectivity index is 0.00000520. The predicted octanol–water partition coefficient (Wildman–Crippen LogP) is -11.5. The minimum atomic E-state index is -5.82. The molecule has 5 aromatic rings. The molecule has 3 aromatic carbocycles. The Kier molecular flexibility index (Phi) is 25.8. The molecule has 78 heavy (non-hydrogen) atoms. The van der Waals surface area contributed by atoms with Crippen LogP contribution in [-0.2, 0) is 50.1 Å². The number of nitrogens with one attached hydrogen (secondary N) is 5. The molecule has 6 rings (SSSR count). The summed E-state index contributed by atoms with van der Waals surface area (Å²) in [7, 11) is -16.8. The van der Waals surface area contributed by atoms with Crippen LogP contribution in [0.1, 0.15) is 15.9 Å². The Labute approximate surface area is 551 Å². The molecule has 0 radical (unpaired) electrons. The van der Waals surface area contributed by atoms with E-state index in [2.05, 4.69) is 66.5 Å². The number of hydrazone groups is 1. The van der Waals surface area contributed by atoms with Crippen LogP contribution in [0.4, 0.5) is 57.9 Å². The molecule has 0 saturated heterocycles. The van der Waals surface area contributed by atoms with E-state index in [-0.39, 0.29) is 188 Å². The number of carbonyl (C=O) groups excluding carboxylic acids is 3. The van der Waals surface area contributed by atoms with Gasteiger partial charge in [-0.2, -0.15) is 35.0 Å². The Morgan fingerprint density at radius 1 is 0.667 bits per heavy atom. The van der Waals surface area contributed by atoms with E-state index < -0.39 is 117 Å². The summed E-state index contributed by atoms with van der Waals surface area (Å²) < 4.78 is 150. The van der Waals surface area contributed by atoms with Crippen molar-refractivity contribution in [2.75, 3.05) is 72.9 Å². The third-order valence-corrected chi connectivity index (χ3v) is 13.4. The van der Waals surface area contributed by atoms with Gasteiger partial charge in [0.2, 0.25) is 52.0 Å². The van der Waals surface area contributed by atoms with Crippen molar-refractivity contribution in [3.8, 4) is 0 Å². The molecule has 1 aliphatic carbocycles. The topological polar surface area (TPSA) is 487 Å². The second-order valence-corrected chi connectivity index (χ2v) is 20.8. The molecule has 0 atom stereocenters. The minimum absolute atomic E-state index is 0. The van der Waals surface area contributed by atoms with E-state index >= 15 is 0 Å². The van der Waals surface area contributed by atoms with Crippen molar-refractivity contribution in [3.63, 3.8) is 0 Å². The second kappa shape index (κ2) is 28.5. The number of nitrogens with two attached hydrogens (primary N) is 1. The van der Waals surface area contributed by atoms with Crippen molar-refractivity contribution in [3.05, 3.63) is 69.1 Å². The fourth-order valence-corrected chi connectivity index (χ4v) is 9.04. The molecular formula is C36H31Cl2KLiN17Na2O15S4. The molecule has 0 spiro atoms. The number of carbonyl (C=O) groups is 3. The first kappa shape index (κ1) is 70.7. The first-order valence-corrected chi connectivity index (χ1v) is 26.1. The number of azo groups is 1. The number of aromatic nitrogens is 6. The van der Waals surface area contributed by atoms with Gasteiger partial charge < -0.3 is 55.0 Å². The summed E-state index contributed by atoms with van der Waals surface area (Å²) in [4.78, 5) is 59.4. The number of benzene rings is 3. The number of anilines is 8. The number of ketones is 1. The molecule has 0 unspecified atom stereocenters. The average Bonchev–Trinajstić information content (AvgIpc) is 3.28. The fraction of sp³-hybridized carbons (Fsp3) is 0.167. The SMILES string of the molecule is CNC(=O)CN(C)c1nc(Cl)nc(Nc2ccc(S(=O)(=O)[O-])c(N=Nc3c(S(=O)(=O)[O-])cc4c(c3N)C(=O)C(=NNc3cc(Nc5nc(Cl)nc(N(C)CC(=O)NC)n5)ccc3S(=O)(=O)[O-])C(S(=O)(=O)[O-])=C4)c2)n1.[K+].[Li+].[Na+].[Na+]. The Morgan fingerprint density at radius 2 is 1.13 bits per heavy atom. The van der Waals surface area contributed by atoms with E-state index in [9.17, 15) is 66.3 Å². The maximum atomic E-state index is 14.2. The van der Waals surface area contributed by atoms with Crippen LogP contribution in [0.25, 0.3) is 6.08 Å².